The van der Waals surface area contributed by atoms with Crippen LogP contribution in [0.4, 0.5) is 0 Å². The van der Waals surface area contributed by atoms with Gasteiger partial charge in [0.1, 0.15) is 0 Å². The number of aromatic nitrogens is 1. The number of nitrogens with zero attached hydrogens (tertiary/aromatic N) is 2. The number of likely N-dealkylation sites (tertiary alicyclic amines) is 1. The molecule has 7 heteroatoms. The van der Waals surface area contributed by atoms with Gasteiger partial charge in [-0.05, 0) is 19.8 Å². The van der Waals surface area contributed by atoms with Gasteiger partial charge in [-0.2, -0.15) is 0 Å². The monoisotopic (exact) mass is 281 g/mol. The minimum absolute atomic E-state index is 0.181. The van der Waals surface area contributed by atoms with Crippen LogP contribution >= 0.6 is 0 Å². The molecule has 1 fully saturated rings. The quantitative estimate of drug-likeness (QED) is 0.800. The molecule has 1 aliphatic rings. The van der Waals surface area contributed by atoms with Gasteiger partial charge in [0.15, 0.2) is 0 Å². The number of aliphatic hydroxyl groups is 1. The summed E-state index contributed by atoms with van der Waals surface area (Å²) >= 11 is 0. The van der Waals surface area contributed by atoms with Crippen LogP contribution in [0, 0.1) is 6.92 Å². The minimum Gasteiger partial charge on any atom is -0.391 e. The van der Waals surface area contributed by atoms with Crippen LogP contribution in [-0.2, 0) is 4.79 Å². The van der Waals surface area contributed by atoms with E-state index >= 15 is 0 Å². The van der Waals surface area contributed by atoms with Crippen LogP contribution in [0.1, 0.15) is 36.0 Å². The summed E-state index contributed by atoms with van der Waals surface area (Å²) in [4.78, 5) is 24.9. The molecule has 0 radical (unpaired) electrons. The highest BCUT2D eigenvalue weighted by Crippen LogP contribution is 2.15. The largest absolute Gasteiger partial charge is 0.391 e. The first-order chi connectivity index (χ1) is 9.47. The first-order valence-corrected chi connectivity index (χ1v) is 6.65. The Morgan fingerprint density at radius 3 is 2.75 bits per heavy atom. The number of hydrogen-bond acceptors (Lipinski definition) is 5. The zero-order chi connectivity index (χ0) is 14.7. The summed E-state index contributed by atoms with van der Waals surface area (Å²) in [6.45, 7) is 4.05. The SMILES string of the molecule is CC(=O)N[C@H]1CCN(C(=O)c2cc(C)no2)CC[C@@H]1O. The highest BCUT2D eigenvalue weighted by Gasteiger charge is 2.29. The minimum atomic E-state index is -0.645. The van der Waals surface area contributed by atoms with E-state index in [1.54, 1.807) is 17.9 Å². The van der Waals surface area contributed by atoms with E-state index in [2.05, 4.69) is 10.5 Å². The Morgan fingerprint density at radius 2 is 2.15 bits per heavy atom. The first-order valence-electron chi connectivity index (χ1n) is 6.65. The molecule has 2 heterocycles. The van der Waals surface area contributed by atoms with Crippen molar-refractivity contribution in [3.05, 3.63) is 17.5 Å². The number of rotatable bonds is 2. The van der Waals surface area contributed by atoms with Crippen molar-refractivity contribution in [2.45, 2.75) is 38.8 Å². The molecule has 1 aromatic rings. The van der Waals surface area contributed by atoms with Crippen molar-refractivity contribution in [1.82, 2.24) is 15.4 Å². The Hall–Kier alpha value is -1.89. The standard InChI is InChI=1S/C13H19N3O4/c1-8-7-12(20-15-8)13(19)16-5-3-10(14-9(2)17)11(18)4-6-16/h7,10-11,18H,3-6H2,1-2H3,(H,14,17)/t10-,11-/m0/s1. The van der Waals surface area contributed by atoms with Crippen LogP contribution < -0.4 is 5.32 Å². The second kappa shape index (κ2) is 6.04. The summed E-state index contributed by atoms with van der Waals surface area (Å²) in [5, 5.41) is 16.4. The fourth-order valence-electron chi connectivity index (χ4n) is 2.34. The number of aliphatic hydroxyl groups excluding tert-OH is 1. The Balaban J connectivity index is 2.01. The van der Waals surface area contributed by atoms with Gasteiger partial charge >= 0.3 is 0 Å². The molecule has 0 bridgehead atoms. The maximum atomic E-state index is 12.2. The van der Waals surface area contributed by atoms with E-state index in [0.29, 0.717) is 31.6 Å². The van der Waals surface area contributed by atoms with Gasteiger partial charge in [0.05, 0.1) is 17.8 Å². The fraction of sp³-hybridized carbons (Fsp3) is 0.615. The third-order valence-electron chi connectivity index (χ3n) is 3.38. The molecule has 110 valence electrons. The average Bonchev–Trinajstić information content (AvgIpc) is 2.74. The number of carbonyl (C=O) groups excluding carboxylic acids is 2. The van der Waals surface area contributed by atoms with Gasteiger partial charge in [-0.15, -0.1) is 0 Å². The number of hydrogen-bond donors (Lipinski definition) is 2. The molecule has 7 nitrogen and oxygen atoms in total. The normalized spacial score (nSPS) is 23.2. The maximum Gasteiger partial charge on any atom is 0.292 e. The Labute approximate surface area is 116 Å². The van der Waals surface area contributed by atoms with Crippen LogP contribution in [0.5, 0.6) is 0 Å². The van der Waals surface area contributed by atoms with Crippen LogP contribution in [0.15, 0.2) is 10.6 Å². The molecule has 2 N–H and O–H groups in total. The molecule has 1 saturated heterocycles. The van der Waals surface area contributed by atoms with Crippen molar-refractivity contribution in [2.24, 2.45) is 0 Å². The summed E-state index contributed by atoms with van der Waals surface area (Å²) in [7, 11) is 0. The second-order valence-electron chi connectivity index (χ2n) is 5.08. The molecule has 0 aromatic carbocycles. The lowest BCUT2D eigenvalue weighted by atomic mass is 10.1. The van der Waals surface area contributed by atoms with E-state index in [-0.39, 0.29) is 23.6 Å². The predicted molar refractivity (Wildman–Crippen MR) is 70.0 cm³/mol. The van der Waals surface area contributed by atoms with Crippen molar-refractivity contribution in [3.63, 3.8) is 0 Å². The lowest BCUT2D eigenvalue weighted by molar-refractivity contribution is -0.120. The van der Waals surface area contributed by atoms with Gasteiger partial charge in [-0.3, -0.25) is 9.59 Å². The predicted octanol–water partition coefficient (Wildman–Crippen LogP) is 0.0846. The van der Waals surface area contributed by atoms with Crippen LogP contribution in [0.3, 0.4) is 0 Å². The third-order valence-corrected chi connectivity index (χ3v) is 3.38. The molecule has 2 amide bonds. The zero-order valence-corrected chi connectivity index (χ0v) is 11.6. The van der Waals surface area contributed by atoms with Gasteiger partial charge < -0.3 is 19.8 Å². The molecule has 2 rings (SSSR count). The van der Waals surface area contributed by atoms with Gasteiger partial charge in [0.25, 0.3) is 5.91 Å². The number of nitrogens with one attached hydrogen (secondary N) is 1. The van der Waals surface area contributed by atoms with Gasteiger partial charge in [0, 0.05) is 26.1 Å². The second-order valence-corrected chi connectivity index (χ2v) is 5.08. The van der Waals surface area contributed by atoms with E-state index in [0.717, 1.165) is 0 Å². The topological polar surface area (TPSA) is 95.7 Å². The first kappa shape index (κ1) is 14.5. The van der Waals surface area contributed by atoms with E-state index in [4.69, 9.17) is 4.52 Å². The van der Waals surface area contributed by atoms with Crippen molar-refractivity contribution in [3.8, 4) is 0 Å². The summed E-state index contributed by atoms with van der Waals surface area (Å²) in [5.41, 5.74) is 0.652. The summed E-state index contributed by atoms with van der Waals surface area (Å²) in [6.07, 6.45) is 0.289. The van der Waals surface area contributed by atoms with E-state index in [1.165, 1.54) is 6.92 Å². The van der Waals surface area contributed by atoms with Crippen LogP contribution in [-0.4, -0.2) is 52.2 Å². The molecule has 0 spiro atoms. The number of aryl methyl sites for hydroxylation is 1. The van der Waals surface area contributed by atoms with E-state index in [1.807, 2.05) is 0 Å². The molecular formula is C13H19N3O4. The van der Waals surface area contributed by atoms with Gasteiger partial charge in [-0.25, -0.2) is 0 Å². The van der Waals surface area contributed by atoms with Crippen molar-refractivity contribution in [1.29, 1.82) is 0 Å². The molecule has 0 saturated carbocycles. The summed E-state index contributed by atoms with van der Waals surface area (Å²) in [6, 6.07) is 1.27. The molecular weight excluding hydrogens is 262 g/mol. The molecule has 2 atom stereocenters. The maximum absolute atomic E-state index is 12.2. The lowest BCUT2D eigenvalue weighted by Crippen LogP contribution is -2.42. The zero-order valence-electron chi connectivity index (χ0n) is 11.6. The average molecular weight is 281 g/mol. The smallest absolute Gasteiger partial charge is 0.292 e. The number of amides is 2. The molecule has 1 aliphatic heterocycles. The van der Waals surface area contributed by atoms with Crippen molar-refractivity contribution < 1.29 is 19.2 Å². The van der Waals surface area contributed by atoms with E-state index < -0.39 is 6.10 Å². The van der Waals surface area contributed by atoms with Crippen LogP contribution in [0.25, 0.3) is 0 Å². The van der Waals surface area contributed by atoms with Crippen molar-refractivity contribution >= 4 is 11.8 Å². The fourth-order valence-corrected chi connectivity index (χ4v) is 2.34. The van der Waals surface area contributed by atoms with Gasteiger partial charge in [-0.1, -0.05) is 5.16 Å². The summed E-state index contributed by atoms with van der Waals surface area (Å²) < 4.78 is 4.96. The van der Waals surface area contributed by atoms with E-state index in [9.17, 15) is 14.7 Å². The summed E-state index contributed by atoms with van der Waals surface area (Å²) in [5.74, 6) is -0.212. The highest BCUT2D eigenvalue weighted by molar-refractivity contribution is 5.91. The molecule has 20 heavy (non-hydrogen) atoms. The molecule has 1 aromatic heterocycles. The van der Waals surface area contributed by atoms with Crippen molar-refractivity contribution in [2.75, 3.05) is 13.1 Å². The Kier molecular flexibility index (Phi) is 4.39. The number of carbonyl (C=O) groups is 2. The molecule has 0 unspecified atom stereocenters. The lowest BCUT2D eigenvalue weighted by Gasteiger charge is -2.20. The highest BCUT2D eigenvalue weighted by atomic mass is 16.5. The van der Waals surface area contributed by atoms with Gasteiger partial charge in [0.2, 0.25) is 11.7 Å². The molecule has 0 aliphatic carbocycles. The Bertz CT molecular complexity index is 500. The Morgan fingerprint density at radius 1 is 1.45 bits per heavy atom. The van der Waals surface area contributed by atoms with Crippen LogP contribution in [0.2, 0.25) is 0 Å². The third kappa shape index (κ3) is 3.36.